The number of hydrogen-bond donors (Lipinski definition) is 0. The summed E-state index contributed by atoms with van der Waals surface area (Å²) in [6.07, 6.45) is 0. The molecule has 0 fully saturated rings. The topological polar surface area (TPSA) is 57.0 Å². The highest BCUT2D eigenvalue weighted by Gasteiger charge is 2.39. The summed E-state index contributed by atoms with van der Waals surface area (Å²) in [4.78, 5) is 17.2. The van der Waals surface area contributed by atoms with Crippen LogP contribution in [0.2, 0.25) is 0 Å². The molecule has 0 spiro atoms. The van der Waals surface area contributed by atoms with Crippen LogP contribution in [0.3, 0.4) is 0 Å². The number of carbonyl (C=O) groups is 1. The third-order valence-electron chi connectivity index (χ3n) is 4.51. The molecule has 3 aromatic rings. The van der Waals surface area contributed by atoms with Gasteiger partial charge >= 0.3 is 5.97 Å². The largest absolute Gasteiger partial charge is 0.465 e. The molecule has 0 N–H and O–H groups in total. The number of fused-ring (bicyclic) bond motifs is 2. The predicted molar refractivity (Wildman–Crippen MR) is 93.4 cm³/mol. The first-order chi connectivity index (χ1) is 12.2. The van der Waals surface area contributed by atoms with Crippen molar-refractivity contribution in [3.8, 4) is 0 Å². The number of benzene rings is 2. The molecule has 1 aromatic heterocycles. The molecule has 0 aliphatic carbocycles. The van der Waals surface area contributed by atoms with Crippen molar-refractivity contribution in [2.45, 2.75) is 25.8 Å². The van der Waals surface area contributed by atoms with Gasteiger partial charge < -0.3 is 4.74 Å². The number of aryl methyl sites for hydroxylation is 1. The lowest BCUT2D eigenvalue weighted by molar-refractivity contribution is -0.144. The van der Waals surface area contributed by atoms with Crippen LogP contribution in [0.1, 0.15) is 47.2 Å². The van der Waals surface area contributed by atoms with Crippen LogP contribution in [0, 0.1) is 6.92 Å². The molecule has 4 rings (SSSR count). The summed E-state index contributed by atoms with van der Waals surface area (Å²) in [7, 11) is 0. The third-order valence-corrected chi connectivity index (χ3v) is 4.51. The molecular weight excluding hydrogens is 314 g/mol. The lowest BCUT2D eigenvalue weighted by Gasteiger charge is -2.31. The van der Waals surface area contributed by atoms with Crippen LogP contribution in [0.5, 0.6) is 0 Å². The zero-order valence-corrected chi connectivity index (χ0v) is 14.2. The van der Waals surface area contributed by atoms with Gasteiger partial charge in [0.2, 0.25) is 0 Å². The second-order valence-electron chi connectivity index (χ2n) is 6.09. The molecule has 0 amide bonds. The summed E-state index contributed by atoms with van der Waals surface area (Å²) in [5.74, 6) is 0.467. The molecule has 0 unspecified atom stereocenters. The van der Waals surface area contributed by atoms with Gasteiger partial charge in [-0.15, -0.1) is 0 Å². The van der Waals surface area contributed by atoms with E-state index < -0.39 is 5.92 Å². The molecule has 1 aliphatic heterocycles. The van der Waals surface area contributed by atoms with Gasteiger partial charge in [0, 0.05) is 0 Å². The van der Waals surface area contributed by atoms with Gasteiger partial charge in [-0.2, -0.15) is 5.10 Å². The van der Waals surface area contributed by atoms with E-state index in [0.29, 0.717) is 18.3 Å². The van der Waals surface area contributed by atoms with Crippen molar-refractivity contribution in [3.05, 3.63) is 82.9 Å². The summed E-state index contributed by atoms with van der Waals surface area (Å²) in [5.41, 5.74) is 3.11. The Balaban J connectivity index is 1.96. The second-order valence-corrected chi connectivity index (χ2v) is 6.09. The summed E-state index contributed by atoms with van der Waals surface area (Å²) in [5, 5.41) is 4.60. The van der Waals surface area contributed by atoms with E-state index in [-0.39, 0.29) is 12.0 Å². The first-order valence-electron chi connectivity index (χ1n) is 8.44. The van der Waals surface area contributed by atoms with Crippen molar-refractivity contribution >= 4 is 5.97 Å². The van der Waals surface area contributed by atoms with Crippen LogP contribution in [0.25, 0.3) is 0 Å². The number of hydrogen-bond acceptors (Lipinski definition) is 4. The number of nitrogens with zero attached hydrogens (tertiary/aromatic N) is 3. The number of carbonyl (C=O) groups excluding carboxylic acids is 1. The minimum absolute atomic E-state index is 0.0979. The first-order valence-corrected chi connectivity index (χ1v) is 8.44. The minimum atomic E-state index is -0.544. The van der Waals surface area contributed by atoms with Gasteiger partial charge in [-0.05, 0) is 30.5 Å². The van der Waals surface area contributed by atoms with E-state index in [1.165, 1.54) is 0 Å². The normalized spacial score (nSPS) is 18.3. The molecule has 2 heterocycles. The average Bonchev–Trinajstić information content (AvgIpc) is 3.00. The Labute approximate surface area is 146 Å². The van der Waals surface area contributed by atoms with Crippen molar-refractivity contribution in [1.82, 2.24) is 14.8 Å². The lowest BCUT2D eigenvalue weighted by atomic mass is 9.84. The quantitative estimate of drug-likeness (QED) is 0.691. The standard InChI is InChI=1S/C20H19N3O2/c1-3-25-20(24)17-15-11-7-8-12-16(15)18(14-9-5-4-6-10-14)23-19(17)21-13(2)22-23/h4-12,17-18H,3H2,1-2H3/t17-,18-/m1/s1. The average molecular weight is 333 g/mol. The van der Waals surface area contributed by atoms with Crippen LogP contribution < -0.4 is 0 Å². The molecule has 25 heavy (non-hydrogen) atoms. The van der Waals surface area contributed by atoms with Crippen LogP contribution >= 0.6 is 0 Å². The molecule has 2 aromatic carbocycles. The molecule has 0 saturated carbocycles. The predicted octanol–water partition coefficient (Wildman–Crippen LogP) is 3.23. The van der Waals surface area contributed by atoms with Crippen LogP contribution in [0.4, 0.5) is 0 Å². The minimum Gasteiger partial charge on any atom is -0.465 e. The van der Waals surface area contributed by atoms with Crippen molar-refractivity contribution in [2.24, 2.45) is 0 Å². The van der Waals surface area contributed by atoms with Gasteiger partial charge in [-0.25, -0.2) is 9.67 Å². The smallest absolute Gasteiger partial charge is 0.321 e. The Hall–Kier alpha value is -2.95. The molecular formula is C20H19N3O2. The molecule has 1 aliphatic rings. The Morgan fingerprint density at radius 2 is 1.76 bits per heavy atom. The monoisotopic (exact) mass is 333 g/mol. The highest BCUT2D eigenvalue weighted by molar-refractivity contribution is 5.82. The summed E-state index contributed by atoms with van der Waals surface area (Å²) in [6.45, 7) is 4.00. The highest BCUT2D eigenvalue weighted by Crippen LogP contribution is 2.41. The zero-order valence-electron chi connectivity index (χ0n) is 14.2. The zero-order chi connectivity index (χ0) is 17.4. The van der Waals surface area contributed by atoms with Gasteiger partial charge in [0.05, 0.1) is 6.61 Å². The SMILES string of the molecule is CCOC(=O)[C@@H]1c2ccccc2[C@@H](c2ccccc2)n2nc(C)nc21. The highest BCUT2D eigenvalue weighted by atomic mass is 16.5. The van der Waals surface area contributed by atoms with Crippen LogP contribution in [0.15, 0.2) is 54.6 Å². The molecule has 5 nitrogen and oxygen atoms in total. The van der Waals surface area contributed by atoms with E-state index in [0.717, 1.165) is 16.7 Å². The van der Waals surface area contributed by atoms with E-state index >= 15 is 0 Å². The van der Waals surface area contributed by atoms with E-state index in [1.54, 1.807) is 0 Å². The van der Waals surface area contributed by atoms with Gasteiger partial charge in [0.1, 0.15) is 23.6 Å². The molecule has 5 heteroatoms. The Kier molecular flexibility index (Phi) is 3.84. The maximum absolute atomic E-state index is 12.7. The van der Waals surface area contributed by atoms with Crippen molar-refractivity contribution in [1.29, 1.82) is 0 Å². The maximum atomic E-state index is 12.7. The summed E-state index contributed by atoms with van der Waals surface area (Å²) >= 11 is 0. The second kappa shape index (κ2) is 6.16. The lowest BCUT2D eigenvalue weighted by Crippen LogP contribution is -2.31. The fraction of sp³-hybridized carbons (Fsp3) is 0.250. The maximum Gasteiger partial charge on any atom is 0.321 e. The van der Waals surface area contributed by atoms with Gasteiger partial charge in [0.15, 0.2) is 0 Å². The van der Waals surface area contributed by atoms with Crippen molar-refractivity contribution < 1.29 is 9.53 Å². The van der Waals surface area contributed by atoms with E-state index in [9.17, 15) is 4.79 Å². The number of ether oxygens (including phenoxy) is 1. The first kappa shape index (κ1) is 15.6. The third kappa shape index (κ3) is 2.52. The summed E-state index contributed by atoms with van der Waals surface area (Å²) in [6, 6.07) is 18.1. The molecule has 126 valence electrons. The van der Waals surface area contributed by atoms with E-state index in [4.69, 9.17) is 4.74 Å². The fourth-order valence-corrected chi connectivity index (χ4v) is 3.54. The Morgan fingerprint density at radius 1 is 1.08 bits per heavy atom. The molecule has 2 atom stereocenters. The molecule has 0 saturated heterocycles. The van der Waals surface area contributed by atoms with E-state index in [1.807, 2.05) is 54.9 Å². The van der Waals surface area contributed by atoms with Gasteiger partial charge in [-0.3, -0.25) is 4.79 Å². The summed E-state index contributed by atoms with van der Waals surface area (Å²) < 4.78 is 7.19. The van der Waals surface area contributed by atoms with Crippen molar-refractivity contribution in [2.75, 3.05) is 6.61 Å². The van der Waals surface area contributed by atoms with Gasteiger partial charge in [-0.1, -0.05) is 54.6 Å². The fourth-order valence-electron chi connectivity index (χ4n) is 3.54. The molecule has 0 radical (unpaired) electrons. The number of rotatable bonds is 3. The molecule has 0 bridgehead atoms. The Bertz CT molecular complexity index is 918. The number of aromatic nitrogens is 3. The number of esters is 1. The van der Waals surface area contributed by atoms with Crippen LogP contribution in [-0.2, 0) is 9.53 Å². The van der Waals surface area contributed by atoms with Crippen molar-refractivity contribution in [3.63, 3.8) is 0 Å². The van der Waals surface area contributed by atoms with Crippen LogP contribution in [-0.4, -0.2) is 27.3 Å². The Morgan fingerprint density at radius 3 is 2.48 bits per heavy atom. The van der Waals surface area contributed by atoms with E-state index in [2.05, 4.69) is 28.3 Å². The van der Waals surface area contributed by atoms with Gasteiger partial charge in [0.25, 0.3) is 0 Å².